The van der Waals surface area contributed by atoms with Gasteiger partial charge in [-0.1, -0.05) is 0 Å². The molecule has 19 heavy (non-hydrogen) atoms. The summed E-state index contributed by atoms with van der Waals surface area (Å²) in [6.45, 7) is 0. The highest BCUT2D eigenvalue weighted by molar-refractivity contribution is 5.67. The van der Waals surface area contributed by atoms with Crippen LogP contribution < -0.4 is 11.1 Å². The Hall–Kier alpha value is -1.98. The van der Waals surface area contributed by atoms with Gasteiger partial charge >= 0.3 is 6.09 Å². The predicted octanol–water partition coefficient (Wildman–Crippen LogP) is 1.75. The van der Waals surface area contributed by atoms with Crippen molar-refractivity contribution in [1.82, 2.24) is 9.88 Å². The molecule has 0 aliphatic carbocycles. The van der Waals surface area contributed by atoms with Gasteiger partial charge < -0.3 is 21.1 Å². The Bertz CT molecular complexity index is 479. The number of anilines is 2. The molecule has 2 aliphatic heterocycles. The highest BCUT2D eigenvalue weighted by Gasteiger charge is 2.43. The third-order valence-electron chi connectivity index (χ3n) is 4.17. The van der Waals surface area contributed by atoms with Gasteiger partial charge in [-0.15, -0.1) is 0 Å². The summed E-state index contributed by atoms with van der Waals surface area (Å²) >= 11 is 0. The van der Waals surface area contributed by atoms with Crippen molar-refractivity contribution in [3.8, 4) is 0 Å². The average molecular weight is 262 g/mol. The van der Waals surface area contributed by atoms with E-state index in [1.54, 1.807) is 17.3 Å². The van der Waals surface area contributed by atoms with Gasteiger partial charge in [0, 0.05) is 24.3 Å². The molecule has 2 atom stereocenters. The second-order valence-electron chi connectivity index (χ2n) is 5.35. The molecule has 0 saturated carbocycles. The van der Waals surface area contributed by atoms with Crippen molar-refractivity contribution in [2.24, 2.45) is 0 Å². The van der Waals surface area contributed by atoms with Crippen LogP contribution in [-0.4, -0.2) is 39.2 Å². The number of nitrogens with zero attached hydrogens (tertiary/aromatic N) is 2. The number of hydrogen-bond acceptors (Lipinski definition) is 4. The fourth-order valence-electron chi connectivity index (χ4n) is 3.37. The van der Waals surface area contributed by atoms with Crippen LogP contribution in [0.15, 0.2) is 18.5 Å². The second-order valence-corrected chi connectivity index (χ2v) is 5.35. The number of carboxylic acid groups (broad SMARTS) is 1. The fourth-order valence-corrected chi connectivity index (χ4v) is 3.37. The van der Waals surface area contributed by atoms with Crippen molar-refractivity contribution >= 4 is 17.5 Å². The molecule has 3 rings (SSSR count). The third kappa shape index (κ3) is 2.18. The molecule has 1 amide bonds. The third-order valence-corrected chi connectivity index (χ3v) is 4.17. The molecular formula is C13H18N4O2. The first-order chi connectivity index (χ1) is 9.15. The van der Waals surface area contributed by atoms with E-state index in [1.165, 1.54) is 0 Å². The van der Waals surface area contributed by atoms with Crippen LogP contribution in [0, 0.1) is 0 Å². The molecule has 4 N–H and O–H groups in total. The van der Waals surface area contributed by atoms with E-state index in [0.717, 1.165) is 31.4 Å². The van der Waals surface area contributed by atoms with E-state index < -0.39 is 6.09 Å². The largest absolute Gasteiger partial charge is 0.465 e. The lowest BCUT2D eigenvalue weighted by atomic mass is 9.97. The van der Waals surface area contributed by atoms with Crippen molar-refractivity contribution < 1.29 is 9.90 Å². The first-order valence-electron chi connectivity index (χ1n) is 6.62. The maximum Gasteiger partial charge on any atom is 0.407 e. The van der Waals surface area contributed by atoms with Gasteiger partial charge in [-0.05, 0) is 31.7 Å². The minimum Gasteiger partial charge on any atom is -0.465 e. The molecule has 0 aromatic carbocycles. The molecular weight excluding hydrogens is 244 g/mol. The van der Waals surface area contributed by atoms with E-state index in [-0.39, 0.29) is 18.1 Å². The Morgan fingerprint density at radius 3 is 2.68 bits per heavy atom. The van der Waals surface area contributed by atoms with Crippen molar-refractivity contribution in [2.45, 2.75) is 43.8 Å². The molecule has 0 spiro atoms. The quantitative estimate of drug-likeness (QED) is 0.755. The summed E-state index contributed by atoms with van der Waals surface area (Å²) < 4.78 is 0. The Morgan fingerprint density at radius 2 is 2.11 bits per heavy atom. The summed E-state index contributed by atoms with van der Waals surface area (Å²) in [5.74, 6) is 0. The summed E-state index contributed by atoms with van der Waals surface area (Å²) in [4.78, 5) is 16.8. The summed E-state index contributed by atoms with van der Waals surface area (Å²) in [6, 6.07) is 2.45. The van der Waals surface area contributed by atoms with Crippen LogP contribution in [0.2, 0.25) is 0 Å². The number of piperidine rings is 1. The molecule has 2 unspecified atom stereocenters. The zero-order chi connectivity index (χ0) is 13.4. The van der Waals surface area contributed by atoms with Crippen molar-refractivity contribution in [2.75, 3.05) is 11.1 Å². The molecule has 3 heterocycles. The Morgan fingerprint density at radius 1 is 1.42 bits per heavy atom. The summed E-state index contributed by atoms with van der Waals surface area (Å²) in [6.07, 6.45) is 6.20. The standard InChI is InChI=1S/C13H18N4O2/c14-11-7-15-4-3-12(11)16-8-5-9-1-2-10(6-8)17(9)13(18)19/h3-4,7-10H,1-2,5-6,14H2,(H,15,16)(H,18,19). The highest BCUT2D eigenvalue weighted by atomic mass is 16.4. The van der Waals surface area contributed by atoms with Gasteiger partial charge in [0.2, 0.25) is 0 Å². The van der Waals surface area contributed by atoms with E-state index in [4.69, 9.17) is 5.73 Å². The molecule has 1 aromatic rings. The Balaban J connectivity index is 1.70. The lowest BCUT2D eigenvalue weighted by molar-refractivity contribution is 0.0994. The van der Waals surface area contributed by atoms with Gasteiger partial charge in [-0.3, -0.25) is 4.98 Å². The minimum absolute atomic E-state index is 0.150. The summed E-state index contributed by atoms with van der Waals surface area (Å²) in [7, 11) is 0. The van der Waals surface area contributed by atoms with Gasteiger partial charge in [0.15, 0.2) is 0 Å². The Kier molecular flexibility index (Phi) is 2.93. The number of fused-ring (bicyclic) bond motifs is 2. The van der Waals surface area contributed by atoms with Crippen molar-refractivity contribution in [1.29, 1.82) is 0 Å². The van der Waals surface area contributed by atoms with Gasteiger partial charge in [0.1, 0.15) is 0 Å². The normalized spacial score (nSPS) is 29.3. The maximum absolute atomic E-state index is 11.2. The number of nitrogens with one attached hydrogen (secondary N) is 1. The molecule has 2 fully saturated rings. The Labute approximate surface area is 111 Å². The van der Waals surface area contributed by atoms with Crippen LogP contribution in [0.4, 0.5) is 16.2 Å². The highest BCUT2D eigenvalue weighted by Crippen LogP contribution is 2.37. The van der Waals surface area contributed by atoms with Gasteiger partial charge in [-0.2, -0.15) is 0 Å². The molecule has 6 nitrogen and oxygen atoms in total. The van der Waals surface area contributed by atoms with Crippen LogP contribution in [0.25, 0.3) is 0 Å². The molecule has 0 radical (unpaired) electrons. The van der Waals surface area contributed by atoms with Crippen LogP contribution in [-0.2, 0) is 0 Å². The van der Waals surface area contributed by atoms with E-state index in [9.17, 15) is 9.90 Å². The molecule has 1 aromatic heterocycles. The van der Waals surface area contributed by atoms with Gasteiger partial charge in [-0.25, -0.2) is 4.79 Å². The lowest BCUT2D eigenvalue weighted by Gasteiger charge is -2.37. The topological polar surface area (TPSA) is 91.5 Å². The van der Waals surface area contributed by atoms with Crippen LogP contribution >= 0.6 is 0 Å². The van der Waals surface area contributed by atoms with Crippen molar-refractivity contribution in [3.63, 3.8) is 0 Å². The minimum atomic E-state index is -0.783. The van der Waals surface area contributed by atoms with Crippen molar-refractivity contribution in [3.05, 3.63) is 18.5 Å². The lowest BCUT2D eigenvalue weighted by Crippen LogP contribution is -2.49. The number of pyridine rings is 1. The van der Waals surface area contributed by atoms with E-state index >= 15 is 0 Å². The van der Waals surface area contributed by atoms with E-state index in [0.29, 0.717) is 5.69 Å². The number of nitrogen functional groups attached to an aromatic ring is 1. The molecule has 6 heteroatoms. The SMILES string of the molecule is Nc1cnccc1NC1CC2CCC(C1)N2C(=O)O. The zero-order valence-electron chi connectivity index (χ0n) is 10.6. The first kappa shape index (κ1) is 12.1. The number of amides is 1. The monoisotopic (exact) mass is 262 g/mol. The van der Waals surface area contributed by atoms with Crippen LogP contribution in [0.3, 0.4) is 0 Å². The van der Waals surface area contributed by atoms with E-state index in [2.05, 4.69) is 10.3 Å². The molecule has 2 saturated heterocycles. The van der Waals surface area contributed by atoms with Gasteiger partial charge in [0.05, 0.1) is 17.6 Å². The molecule has 102 valence electrons. The fraction of sp³-hybridized carbons (Fsp3) is 0.538. The molecule has 2 bridgehead atoms. The second kappa shape index (κ2) is 4.60. The molecule has 2 aliphatic rings. The number of aromatic nitrogens is 1. The smallest absolute Gasteiger partial charge is 0.407 e. The average Bonchev–Trinajstić information content (AvgIpc) is 2.65. The number of rotatable bonds is 2. The van der Waals surface area contributed by atoms with Crippen LogP contribution in [0.1, 0.15) is 25.7 Å². The summed E-state index contributed by atoms with van der Waals surface area (Å²) in [5.41, 5.74) is 7.40. The van der Waals surface area contributed by atoms with E-state index in [1.807, 2.05) is 6.07 Å². The number of hydrogen-bond donors (Lipinski definition) is 3. The summed E-state index contributed by atoms with van der Waals surface area (Å²) in [5, 5.41) is 12.6. The number of carbonyl (C=O) groups is 1. The van der Waals surface area contributed by atoms with Crippen LogP contribution in [0.5, 0.6) is 0 Å². The zero-order valence-corrected chi connectivity index (χ0v) is 10.6. The van der Waals surface area contributed by atoms with Gasteiger partial charge in [0.25, 0.3) is 0 Å². The number of nitrogens with two attached hydrogens (primary N) is 1. The first-order valence-corrected chi connectivity index (χ1v) is 6.62. The predicted molar refractivity (Wildman–Crippen MR) is 72.0 cm³/mol. The maximum atomic E-state index is 11.2.